The molecule has 0 saturated carbocycles. The number of hydrogen-bond donors (Lipinski definition) is 0. The SMILES string of the molecule is CC(c1ccc(Cl)cc1Cl)N(C)S(=O)(=O)c1cnc(Cl)s1. The van der Waals surface area contributed by atoms with Gasteiger partial charge in [-0.15, -0.1) is 0 Å². The Hall–Kier alpha value is -0.370. The van der Waals surface area contributed by atoms with Crippen LogP contribution in [0.25, 0.3) is 0 Å². The zero-order valence-corrected chi connectivity index (χ0v) is 14.9. The maximum atomic E-state index is 12.5. The van der Waals surface area contributed by atoms with Crippen LogP contribution in [-0.2, 0) is 10.0 Å². The highest BCUT2D eigenvalue weighted by molar-refractivity contribution is 7.91. The highest BCUT2D eigenvalue weighted by Crippen LogP contribution is 2.33. The molecule has 0 aliphatic carbocycles. The molecule has 0 saturated heterocycles. The Bertz CT molecular complexity index is 762. The van der Waals surface area contributed by atoms with Crippen molar-refractivity contribution in [2.45, 2.75) is 17.2 Å². The van der Waals surface area contributed by atoms with Gasteiger partial charge in [0, 0.05) is 23.1 Å². The van der Waals surface area contributed by atoms with E-state index >= 15 is 0 Å². The van der Waals surface area contributed by atoms with E-state index in [0.29, 0.717) is 15.6 Å². The summed E-state index contributed by atoms with van der Waals surface area (Å²) in [6.07, 6.45) is 1.25. The Kier molecular flexibility index (Phi) is 5.18. The molecule has 4 nitrogen and oxygen atoms in total. The van der Waals surface area contributed by atoms with E-state index in [2.05, 4.69) is 4.98 Å². The lowest BCUT2D eigenvalue weighted by molar-refractivity contribution is 0.399. The molecular formula is C12H11Cl3N2O2S2. The summed E-state index contributed by atoms with van der Waals surface area (Å²) in [5.74, 6) is 0. The molecule has 1 atom stereocenters. The molecule has 1 aromatic carbocycles. The summed E-state index contributed by atoms with van der Waals surface area (Å²) in [5, 5.41) is 0.912. The second-order valence-corrected chi connectivity index (χ2v) is 8.98. The van der Waals surface area contributed by atoms with Crippen molar-refractivity contribution in [2.24, 2.45) is 0 Å². The van der Waals surface area contributed by atoms with Crippen LogP contribution in [0.5, 0.6) is 0 Å². The average Bonchev–Trinajstić information content (AvgIpc) is 2.84. The number of sulfonamides is 1. The molecule has 1 unspecified atom stereocenters. The lowest BCUT2D eigenvalue weighted by atomic mass is 10.1. The molecule has 0 N–H and O–H groups in total. The fourth-order valence-electron chi connectivity index (χ4n) is 1.74. The lowest BCUT2D eigenvalue weighted by Gasteiger charge is -2.24. The number of benzene rings is 1. The van der Waals surface area contributed by atoms with Crippen LogP contribution >= 0.6 is 46.1 Å². The Morgan fingerprint density at radius 3 is 2.48 bits per heavy atom. The number of aromatic nitrogens is 1. The standard InChI is InChI=1S/C12H11Cl3N2O2S2/c1-7(9-4-3-8(13)5-10(9)14)17(2)21(18,19)11-6-16-12(15)20-11/h3-7H,1-2H3. The molecule has 21 heavy (non-hydrogen) atoms. The van der Waals surface area contributed by atoms with Gasteiger partial charge in [-0.3, -0.25) is 0 Å². The first kappa shape index (κ1) is 17.0. The summed E-state index contributed by atoms with van der Waals surface area (Å²) in [7, 11) is -2.19. The van der Waals surface area contributed by atoms with Gasteiger partial charge in [0.05, 0.1) is 6.20 Å². The van der Waals surface area contributed by atoms with Crippen molar-refractivity contribution in [3.63, 3.8) is 0 Å². The Labute approximate surface area is 142 Å². The zero-order valence-electron chi connectivity index (χ0n) is 11.0. The maximum Gasteiger partial charge on any atom is 0.254 e. The van der Waals surface area contributed by atoms with Crippen LogP contribution in [0.2, 0.25) is 14.5 Å². The van der Waals surface area contributed by atoms with Crippen molar-refractivity contribution in [3.05, 3.63) is 44.5 Å². The minimum atomic E-state index is -3.68. The lowest BCUT2D eigenvalue weighted by Crippen LogP contribution is -2.29. The van der Waals surface area contributed by atoms with Gasteiger partial charge in [0.2, 0.25) is 0 Å². The number of nitrogens with zero attached hydrogens (tertiary/aromatic N) is 2. The van der Waals surface area contributed by atoms with E-state index in [1.165, 1.54) is 17.5 Å². The smallest absolute Gasteiger partial charge is 0.232 e. The Balaban J connectivity index is 2.36. The molecule has 0 aliphatic heterocycles. The van der Waals surface area contributed by atoms with E-state index in [9.17, 15) is 8.42 Å². The first-order chi connectivity index (χ1) is 9.73. The van der Waals surface area contributed by atoms with Gasteiger partial charge in [-0.25, -0.2) is 13.4 Å². The van der Waals surface area contributed by atoms with Gasteiger partial charge in [0.1, 0.15) is 0 Å². The molecule has 1 aromatic heterocycles. The summed E-state index contributed by atoms with van der Waals surface area (Å²) in [6.45, 7) is 1.75. The Morgan fingerprint density at radius 2 is 1.95 bits per heavy atom. The zero-order chi connectivity index (χ0) is 15.8. The van der Waals surface area contributed by atoms with Crippen molar-refractivity contribution >= 4 is 56.2 Å². The molecule has 2 rings (SSSR count). The van der Waals surface area contributed by atoms with Gasteiger partial charge in [0.15, 0.2) is 8.68 Å². The van der Waals surface area contributed by atoms with E-state index in [1.54, 1.807) is 25.1 Å². The van der Waals surface area contributed by atoms with Crippen molar-refractivity contribution in [1.29, 1.82) is 0 Å². The molecule has 9 heteroatoms. The van der Waals surface area contributed by atoms with Crippen molar-refractivity contribution in [3.8, 4) is 0 Å². The number of hydrogen-bond acceptors (Lipinski definition) is 4. The van der Waals surface area contributed by atoms with E-state index < -0.39 is 16.1 Å². The number of halogens is 3. The van der Waals surface area contributed by atoms with Crippen molar-refractivity contribution in [1.82, 2.24) is 9.29 Å². The molecular weight excluding hydrogens is 375 g/mol. The molecule has 0 amide bonds. The van der Waals surface area contributed by atoms with Gasteiger partial charge in [-0.1, -0.05) is 52.2 Å². The molecule has 0 radical (unpaired) electrons. The van der Waals surface area contributed by atoms with Crippen LogP contribution in [0.15, 0.2) is 28.6 Å². The van der Waals surface area contributed by atoms with E-state index in [1.807, 2.05) is 0 Å². The third-order valence-electron chi connectivity index (χ3n) is 3.05. The summed E-state index contributed by atoms with van der Waals surface area (Å²) in [6, 6.07) is 4.50. The first-order valence-electron chi connectivity index (χ1n) is 5.78. The Morgan fingerprint density at radius 1 is 1.29 bits per heavy atom. The second-order valence-electron chi connectivity index (χ2n) is 4.30. The quantitative estimate of drug-likeness (QED) is 0.779. The van der Waals surface area contributed by atoms with Crippen LogP contribution in [0.4, 0.5) is 0 Å². The van der Waals surface area contributed by atoms with Gasteiger partial charge < -0.3 is 0 Å². The monoisotopic (exact) mass is 384 g/mol. The fraction of sp³-hybridized carbons (Fsp3) is 0.250. The van der Waals surface area contributed by atoms with Gasteiger partial charge in [-0.05, 0) is 24.6 Å². The molecule has 2 aromatic rings. The van der Waals surface area contributed by atoms with Crippen LogP contribution < -0.4 is 0 Å². The van der Waals surface area contributed by atoms with Crippen LogP contribution in [0.3, 0.4) is 0 Å². The van der Waals surface area contributed by atoms with Crippen molar-refractivity contribution < 1.29 is 8.42 Å². The first-order valence-corrected chi connectivity index (χ1v) is 9.17. The third kappa shape index (κ3) is 3.52. The second kappa shape index (κ2) is 6.40. The number of thiazole rings is 1. The fourth-order valence-corrected chi connectivity index (χ4v) is 5.13. The molecule has 0 fully saturated rings. The molecule has 0 bridgehead atoms. The molecule has 114 valence electrons. The maximum absolute atomic E-state index is 12.5. The predicted octanol–water partition coefficient (Wildman–Crippen LogP) is 4.49. The summed E-state index contributed by atoms with van der Waals surface area (Å²) < 4.78 is 26.5. The summed E-state index contributed by atoms with van der Waals surface area (Å²) in [4.78, 5) is 3.76. The van der Waals surface area contributed by atoms with Gasteiger partial charge in [-0.2, -0.15) is 4.31 Å². The summed E-state index contributed by atoms with van der Waals surface area (Å²) >= 11 is 18.6. The topological polar surface area (TPSA) is 50.3 Å². The highest BCUT2D eigenvalue weighted by Gasteiger charge is 2.29. The van der Waals surface area contributed by atoms with E-state index in [0.717, 1.165) is 11.3 Å². The molecule has 0 aliphatic rings. The predicted molar refractivity (Wildman–Crippen MR) is 86.9 cm³/mol. The van der Waals surface area contributed by atoms with Crippen LogP contribution in [0, 0.1) is 0 Å². The van der Waals surface area contributed by atoms with E-state index in [4.69, 9.17) is 34.8 Å². The van der Waals surface area contributed by atoms with Crippen LogP contribution in [-0.4, -0.2) is 24.8 Å². The molecule has 0 spiro atoms. The van der Waals surface area contributed by atoms with Crippen molar-refractivity contribution in [2.75, 3.05) is 7.05 Å². The normalized spacial score (nSPS) is 13.6. The van der Waals surface area contributed by atoms with E-state index in [-0.39, 0.29) is 8.68 Å². The average molecular weight is 386 g/mol. The van der Waals surface area contributed by atoms with Gasteiger partial charge >= 0.3 is 0 Å². The molecule has 1 heterocycles. The highest BCUT2D eigenvalue weighted by atomic mass is 35.5. The minimum absolute atomic E-state index is 0.0898. The van der Waals surface area contributed by atoms with Crippen LogP contribution in [0.1, 0.15) is 18.5 Å². The summed E-state index contributed by atoms with van der Waals surface area (Å²) in [5.41, 5.74) is 0.669. The largest absolute Gasteiger partial charge is 0.254 e. The third-order valence-corrected chi connectivity index (χ3v) is 7.09. The number of rotatable bonds is 4. The van der Waals surface area contributed by atoms with Gasteiger partial charge in [0.25, 0.3) is 10.0 Å². The minimum Gasteiger partial charge on any atom is -0.232 e.